The molecule has 0 spiro atoms. The van der Waals surface area contributed by atoms with Gasteiger partial charge in [-0.1, -0.05) is 25.7 Å². The van der Waals surface area contributed by atoms with Crippen molar-refractivity contribution in [3.8, 4) is 0 Å². The van der Waals surface area contributed by atoms with Gasteiger partial charge in [0.25, 0.3) is 22.9 Å². The van der Waals surface area contributed by atoms with Crippen LogP contribution in [0.25, 0.3) is 12.2 Å². The second-order valence-electron chi connectivity index (χ2n) is 27.9. The molecule has 6 aliphatic heterocycles. The van der Waals surface area contributed by atoms with E-state index in [2.05, 4.69) is 33.2 Å². The number of hydrogen-bond acceptors (Lipinski definition) is 32. The molecule has 0 aromatic carbocycles. The fourth-order valence-corrected chi connectivity index (χ4v) is 17.7. The number of carbonyl (C=O) groups is 6. The van der Waals surface area contributed by atoms with Crippen molar-refractivity contribution in [3.05, 3.63) is 89.5 Å². The van der Waals surface area contributed by atoms with Gasteiger partial charge in [-0.15, -0.1) is 11.8 Å². The molecule has 14 N–H and O–H groups in total. The minimum Gasteiger partial charge on any atom is -0.394 e. The summed E-state index contributed by atoms with van der Waals surface area (Å²) in [5, 5.41) is 24.1. The van der Waals surface area contributed by atoms with Crippen LogP contribution >= 0.6 is 55.7 Å². The summed E-state index contributed by atoms with van der Waals surface area (Å²) in [5.41, 5.74) is 7.94. The number of aliphatic hydroxyl groups excluding tert-OH is 2. The average molecular weight is 1800 g/mol. The number of carbonyl (C=O) groups excluding carboxylic acids is 6. The number of rotatable bonds is 52. The maximum Gasteiger partial charge on any atom is 0.472 e. The molecule has 6 aliphatic rings. The number of nitrogens with two attached hydrogens (primary N) is 2. The number of phosphoric ester groups is 4. The summed E-state index contributed by atoms with van der Waals surface area (Å²) < 4.78 is 134. The minimum atomic E-state index is -4.86. The van der Waals surface area contributed by atoms with Gasteiger partial charge in [-0.25, -0.2) is 27.8 Å². The van der Waals surface area contributed by atoms with Crippen molar-refractivity contribution in [2.24, 2.45) is 11.5 Å². The molecule has 668 valence electrons. The van der Waals surface area contributed by atoms with Crippen molar-refractivity contribution in [2.45, 2.75) is 214 Å². The number of thiol groups is 1. The Balaban J connectivity index is 0.000000342. The highest BCUT2D eigenvalue weighted by molar-refractivity contribution is 8.00. The van der Waals surface area contributed by atoms with E-state index in [1.54, 1.807) is 0 Å². The summed E-state index contributed by atoms with van der Waals surface area (Å²) in [6.45, 7) is -2.21. The molecule has 2 aromatic heterocycles. The number of aromatic nitrogens is 4. The molecule has 42 nitrogen and oxygen atoms in total. The number of aromatic amines is 2. The maximum absolute atomic E-state index is 13.2. The van der Waals surface area contributed by atoms with Crippen LogP contribution in [0.5, 0.6) is 0 Å². The number of aliphatic hydroxyl groups is 2. The lowest BCUT2D eigenvalue weighted by Gasteiger charge is -2.24. The zero-order chi connectivity index (χ0) is 88.2. The van der Waals surface area contributed by atoms with E-state index in [4.69, 9.17) is 69.3 Å². The third-order valence-corrected chi connectivity index (χ3v) is 24.4. The van der Waals surface area contributed by atoms with Gasteiger partial charge in [0.1, 0.15) is 24.4 Å². The third-order valence-electron chi connectivity index (χ3n) is 18.6. The molecule has 8 rings (SSSR count). The molecule has 8 heterocycles. The molecule has 2 aromatic rings. The number of likely N-dealkylation sites (N-methyl/N-ethyl adjacent to an activating group) is 1. The number of phosphoric acid groups is 4. The predicted octanol–water partition coefficient (Wildman–Crippen LogP) is 2.34. The molecule has 5 fully saturated rings. The highest BCUT2D eigenvalue weighted by Gasteiger charge is 2.46. The number of thioether (sulfide) groups is 1. The quantitative estimate of drug-likeness (QED) is 0.0149. The SMILES string of the molecule is CN1C(=O)C=CC1=O.[3H]C1CC(OP(=O)(O)OC2CC(Cn3cc(/C=C/C(=O)NCCCCN)c(=O)[nH]c3=O)OC2CCCOP(=O)(O)OCCCCCCS)C(CO)O1.[3H]C1CC(OP(=O)(O)OC2CC(Cn3cc(/C=C/C(=O)NCCCCN)c(=O)[nH]c3=O)OC2CCCOP(=O)(O)OCCCCCCSC2CC(=O)N(C)C2=O)C(CO)O1. The summed E-state index contributed by atoms with van der Waals surface area (Å²) in [5.74, 6) is -0.267. The number of imide groups is 2. The first-order valence-electron chi connectivity index (χ1n) is 40.0. The average Bonchev–Trinajstić information content (AvgIpc) is 1.66. The van der Waals surface area contributed by atoms with Gasteiger partial charge < -0.3 is 70.8 Å². The Morgan fingerprint density at radius 3 is 1.36 bits per heavy atom. The molecule has 17 atom stereocenters. The summed E-state index contributed by atoms with van der Waals surface area (Å²) in [6.07, 6.45) is 9.36. The lowest BCUT2D eigenvalue weighted by atomic mass is 10.1. The smallest absolute Gasteiger partial charge is 0.394 e. The van der Waals surface area contributed by atoms with Gasteiger partial charge in [0, 0.05) is 109 Å². The van der Waals surface area contributed by atoms with E-state index >= 15 is 0 Å². The number of H-pyrrole nitrogens is 2. The Hall–Kier alpha value is -5.38. The van der Waals surface area contributed by atoms with Crippen LogP contribution < -0.4 is 44.6 Å². The van der Waals surface area contributed by atoms with Crippen molar-refractivity contribution in [3.63, 3.8) is 0 Å². The fourth-order valence-electron chi connectivity index (χ4n) is 12.3. The number of likely N-dealkylation sites (tertiary alicyclic amines) is 1. The van der Waals surface area contributed by atoms with E-state index in [0.29, 0.717) is 64.0 Å². The van der Waals surface area contributed by atoms with Crippen molar-refractivity contribution in [2.75, 3.05) is 105 Å². The normalized spacial score (nSPS) is 26.1. The van der Waals surface area contributed by atoms with Crippen LogP contribution in [-0.2, 0) is 115 Å². The van der Waals surface area contributed by atoms with Gasteiger partial charge in [0.05, 0.1) is 108 Å². The van der Waals surface area contributed by atoms with Crippen molar-refractivity contribution in [1.82, 2.24) is 39.5 Å². The van der Waals surface area contributed by atoms with Crippen LogP contribution in [0.4, 0.5) is 0 Å². The minimum absolute atomic E-state index is 0.000404. The Labute approximate surface area is 694 Å². The number of unbranched alkanes of at least 4 members (excludes halogenated alkanes) is 8. The maximum atomic E-state index is 13.2. The molecular formula is C70H114N10O32P4S2. The number of nitrogens with one attached hydrogen (secondary N) is 4. The zero-order valence-corrected chi connectivity index (χ0v) is 71.0. The zero-order valence-electron chi connectivity index (χ0n) is 67.8. The summed E-state index contributed by atoms with van der Waals surface area (Å²) in [6, 6.07) is 0. The first-order valence-corrected chi connectivity index (χ1v) is 46.5. The molecule has 5 saturated heterocycles. The van der Waals surface area contributed by atoms with Gasteiger partial charge >= 0.3 is 42.7 Å². The highest BCUT2D eigenvalue weighted by atomic mass is 32.2. The van der Waals surface area contributed by atoms with E-state index in [-0.39, 0.29) is 137 Å². The van der Waals surface area contributed by atoms with Crippen molar-refractivity contribution >= 4 is 103 Å². The van der Waals surface area contributed by atoms with E-state index in [1.165, 1.54) is 62.6 Å². The highest BCUT2D eigenvalue weighted by Crippen LogP contribution is 2.52. The van der Waals surface area contributed by atoms with Crippen molar-refractivity contribution in [1.29, 1.82) is 0 Å². The molecule has 0 bridgehead atoms. The van der Waals surface area contributed by atoms with Crippen LogP contribution in [0.15, 0.2) is 55.9 Å². The molecule has 48 heteroatoms. The van der Waals surface area contributed by atoms with Gasteiger partial charge in [-0.05, 0) is 114 Å². The Bertz CT molecular complexity index is 4170. The lowest BCUT2D eigenvalue weighted by molar-refractivity contribution is -0.137. The Morgan fingerprint density at radius 1 is 0.568 bits per heavy atom. The van der Waals surface area contributed by atoms with Crippen LogP contribution in [0.2, 0.25) is 0 Å². The van der Waals surface area contributed by atoms with E-state index in [0.717, 1.165) is 81.8 Å². The summed E-state index contributed by atoms with van der Waals surface area (Å²) >= 11 is 5.60. The van der Waals surface area contributed by atoms with E-state index < -0.39 is 153 Å². The number of amides is 6. The topological polar surface area (TPSA) is 595 Å². The number of hydrogen-bond donors (Lipinski definition) is 13. The second kappa shape index (κ2) is 52.3. The molecule has 17 unspecified atom stereocenters. The van der Waals surface area contributed by atoms with Gasteiger partial charge in [0.2, 0.25) is 23.6 Å². The number of nitrogens with zero attached hydrogens (tertiary/aromatic N) is 4. The van der Waals surface area contributed by atoms with Gasteiger partial charge in [0.15, 0.2) is 0 Å². The second-order valence-corrected chi connectivity index (χ2v) is 35.2. The van der Waals surface area contributed by atoms with Crippen LogP contribution in [0.3, 0.4) is 0 Å². The monoisotopic (exact) mass is 1800 g/mol. The molecule has 118 heavy (non-hydrogen) atoms. The first kappa shape index (κ1) is 98.1. The molecule has 6 amide bonds. The Kier molecular flexibility index (Phi) is 43.5. The molecule has 0 radical (unpaired) electrons. The third kappa shape index (κ3) is 36.6. The van der Waals surface area contributed by atoms with Gasteiger partial charge in [-0.3, -0.25) is 103 Å². The number of ether oxygens (including phenoxy) is 4. The molecule has 0 aliphatic carbocycles. The van der Waals surface area contributed by atoms with Crippen molar-refractivity contribution < 1.29 is 135 Å². The summed E-state index contributed by atoms with van der Waals surface area (Å²) in [4.78, 5) is 167. The van der Waals surface area contributed by atoms with Crippen LogP contribution in [0.1, 0.15) is 149 Å². The van der Waals surface area contributed by atoms with E-state index in [9.17, 15) is 96.0 Å². The first-order chi connectivity index (χ1) is 57.0. The fraction of sp³-hybridized carbons (Fsp3) is 0.714. The lowest BCUT2D eigenvalue weighted by Crippen LogP contribution is -2.34. The van der Waals surface area contributed by atoms with Crippen LogP contribution in [0, 0.1) is 0 Å². The predicted molar refractivity (Wildman–Crippen MR) is 430 cm³/mol. The van der Waals surface area contributed by atoms with Crippen LogP contribution in [-0.4, -0.2) is 265 Å². The molecular weight excluding hydrogens is 1680 g/mol. The van der Waals surface area contributed by atoms with E-state index in [1.807, 2.05) is 0 Å². The summed E-state index contributed by atoms with van der Waals surface area (Å²) in [7, 11) is -15.5. The standard InChI is InChI=1S/C35H57N5O16P2S.C30H52N4O14P2S.C5H5NO2/c1-39-32(43)20-30(34(39)45)59-18-7-3-2-6-15-52-57(47,48)53-16-8-9-26-28(56-58(49,50)55-27-12-17-51-29(27)23-41)19-25(54-26)22-40-21-24(33(44)38-35(40)46)10-11-31(42)37-14-5-4-13-36;31-12-3-4-13-32-28(36)10-9-22-19-34(30(38)33-29(22)37)20-23-18-26(48-50(41,42)47-25-11-16-43-27(25)21-35)24(46-23)8-7-15-45-49(39,40)44-14-5-1-2-6-17-51;1-6-4(7)2-3-5(6)8/h10-11,21,25-30,41H,2-9,12-20,22-23,36H2,1H3,(H,37,42)(H,47,48)(H,49,50)(H,38,44,46);9-10,19,23-27,35,51H,1-8,11-18,20-21,31H2,(H,32,36)(H,39,40)(H,41,42)(H,33,37,38);2-3H,1H3/b11-10+;10-9+;/i17T;16T;. The Morgan fingerprint density at radius 2 is 0.975 bits per heavy atom. The van der Waals surface area contributed by atoms with Gasteiger partial charge in [-0.2, -0.15) is 12.6 Å². The molecule has 0 saturated carbocycles. The largest absolute Gasteiger partial charge is 0.472 e.